The van der Waals surface area contributed by atoms with Crippen molar-refractivity contribution in [1.82, 2.24) is 0 Å². The Morgan fingerprint density at radius 3 is 1.78 bits per heavy atom. The molecule has 0 aliphatic heterocycles. The molecule has 5 aliphatic rings. The molecule has 0 bridgehead atoms. The van der Waals surface area contributed by atoms with Crippen LogP contribution in [0.15, 0.2) is 0 Å². The second kappa shape index (κ2) is 6.10. The van der Waals surface area contributed by atoms with Gasteiger partial charge < -0.3 is 0 Å². The average molecular weight is 310 g/mol. The highest BCUT2D eigenvalue weighted by atomic mass is 14.6. The van der Waals surface area contributed by atoms with Crippen molar-refractivity contribution in [3.05, 3.63) is 0 Å². The molecule has 9 atom stereocenters. The Kier molecular flexibility index (Phi) is 4.07. The van der Waals surface area contributed by atoms with Crippen LogP contribution in [0.4, 0.5) is 0 Å². The topological polar surface area (TPSA) is 0 Å². The third-order valence-corrected chi connectivity index (χ3v) is 9.28. The zero-order valence-electron chi connectivity index (χ0n) is 15.0. The summed E-state index contributed by atoms with van der Waals surface area (Å²) in [5.41, 5.74) is 0. The molecule has 0 spiro atoms. The number of rotatable bonds is 1. The van der Waals surface area contributed by atoms with Crippen molar-refractivity contribution < 1.29 is 0 Å². The normalized spacial score (nSPS) is 55.9. The average Bonchev–Trinajstić information content (AvgIpc) is 2.92. The second-order valence-corrected chi connectivity index (χ2v) is 10.0. The smallest absolute Gasteiger partial charge is 0.0699 e. The molecule has 0 heterocycles. The Bertz CT molecular complexity index is 418. The predicted octanol–water partition coefficient (Wildman–Crippen LogP) is 6.01. The van der Waals surface area contributed by atoms with Gasteiger partial charge in [-0.1, -0.05) is 50.8 Å². The van der Waals surface area contributed by atoms with Crippen molar-refractivity contribution in [3.63, 3.8) is 0 Å². The third kappa shape index (κ3) is 2.46. The van der Waals surface area contributed by atoms with Crippen LogP contribution in [-0.4, -0.2) is 7.85 Å². The van der Waals surface area contributed by atoms with Crippen LogP contribution < -0.4 is 0 Å². The summed E-state index contributed by atoms with van der Waals surface area (Å²) >= 11 is 0. The molecule has 1 heteroatoms. The zero-order valence-corrected chi connectivity index (χ0v) is 15.0. The summed E-state index contributed by atoms with van der Waals surface area (Å²) in [6.45, 7) is 0. The van der Waals surface area contributed by atoms with E-state index in [1.807, 2.05) is 0 Å². The predicted molar refractivity (Wildman–Crippen MR) is 97.4 cm³/mol. The maximum absolute atomic E-state index is 6.36. The highest BCUT2D eigenvalue weighted by molar-refractivity contribution is 6.11. The first-order valence-electron chi connectivity index (χ1n) is 11.1. The lowest BCUT2D eigenvalue weighted by molar-refractivity contribution is -0.00145. The zero-order chi connectivity index (χ0) is 15.4. The van der Waals surface area contributed by atoms with Gasteiger partial charge in [-0.25, -0.2) is 0 Å². The van der Waals surface area contributed by atoms with Crippen molar-refractivity contribution in [2.75, 3.05) is 0 Å². The van der Waals surface area contributed by atoms with Crippen LogP contribution in [0.25, 0.3) is 0 Å². The van der Waals surface area contributed by atoms with Gasteiger partial charge in [0.05, 0.1) is 7.85 Å². The quantitative estimate of drug-likeness (QED) is 0.520. The molecule has 0 amide bonds. The molecular weight excluding hydrogens is 275 g/mol. The van der Waals surface area contributed by atoms with Crippen molar-refractivity contribution in [2.45, 2.75) is 89.3 Å². The first-order valence-corrected chi connectivity index (χ1v) is 11.1. The van der Waals surface area contributed by atoms with E-state index in [-0.39, 0.29) is 0 Å². The van der Waals surface area contributed by atoms with Gasteiger partial charge in [0.15, 0.2) is 0 Å². The van der Waals surface area contributed by atoms with Gasteiger partial charge >= 0.3 is 0 Å². The van der Waals surface area contributed by atoms with Crippen LogP contribution >= 0.6 is 0 Å². The molecule has 23 heavy (non-hydrogen) atoms. The Morgan fingerprint density at radius 1 is 0.478 bits per heavy atom. The van der Waals surface area contributed by atoms with Gasteiger partial charge in [-0.3, -0.25) is 0 Å². The SMILES string of the molecule is [B]C1CCCC(C2CCC3C4CCCCC4C4CCCC2C43)C1. The summed E-state index contributed by atoms with van der Waals surface area (Å²) in [6.07, 6.45) is 19.7. The van der Waals surface area contributed by atoms with Gasteiger partial charge in [0.2, 0.25) is 0 Å². The van der Waals surface area contributed by atoms with Gasteiger partial charge in [-0.15, -0.1) is 0 Å². The summed E-state index contributed by atoms with van der Waals surface area (Å²) in [6, 6.07) is 0. The summed E-state index contributed by atoms with van der Waals surface area (Å²) in [5.74, 6) is 9.41. The minimum Gasteiger partial charge on any atom is -0.0771 e. The van der Waals surface area contributed by atoms with E-state index in [9.17, 15) is 0 Å². The number of hydrogen-bond acceptors (Lipinski definition) is 0. The van der Waals surface area contributed by atoms with Crippen molar-refractivity contribution in [2.24, 2.45) is 47.3 Å². The minimum atomic E-state index is 0.525. The minimum absolute atomic E-state index is 0.525. The molecule has 2 radical (unpaired) electrons. The molecule has 5 aliphatic carbocycles. The van der Waals surface area contributed by atoms with Gasteiger partial charge in [-0.05, 0) is 85.9 Å². The maximum Gasteiger partial charge on any atom is 0.0699 e. The monoisotopic (exact) mass is 310 g/mol. The van der Waals surface area contributed by atoms with Gasteiger partial charge in [-0.2, -0.15) is 0 Å². The molecule has 0 aromatic rings. The lowest BCUT2D eigenvalue weighted by Gasteiger charge is -2.50. The lowest BCUT2D eigenvalue weighted by Crippen LogP contribution is -2.42. The summed E-state index contributed by atoms with van der Waals surface area (Å²) < 4.78 is 0. The molecule has 126 valence electrons. The van der Waals surface area contributed by atoms with E-state index >= 15 is 0 Å². The molecule has 5 saturated carbocycles. The van der Waals surface area contributed by atoms with Crippen molar-refractivity contribution >= 4 is 7.85 Å². The van der Waals surface area contributed by atoms with Crippen LogP contribution in [0, 0.1) is 47.3 Å². The molecule has 0 saturated heterocycles. The molecular formula is C22H35B. The summed E-state index contributed by atoms with van der Waals surface area (Å²) in [5, 5.41) is 0. The fourth-order valence-corrected chi connectivity index (χ4v) is 8.71. The van der Waals surface area contributed by atoms with Crippen molar-refractivity contribution in [3.8, 4) is 0 Å². The van der Waals surface area contributed by atoms with E-state index < -0.39 is 0 Å². The van der Waals surface area contributed by atoms with Crippen LogP contribution in [0.5, 0.6) is 0 Å². The number of fused-ring (bicyclic) bond motifs is 3. The third-order valence-electron chi connectivity index (χ3n) is 9.28. The summed E-state index contributed by atoms with van der Waals surface area (Å²) in [7, 11) is 6.36. The highest BCUT2D eigenvalue weighted by Gasteiger charge is 2.57. The van der Waals surface area contributed by atoms with E-state index in [1.54, 1.807) is 57.8 Å². The fourth-order valence-electron chi connectivity index (χ4n) is 8.71. The molecule has 5 rings (SSSR count). The van der Waals surface area contributed by atoms with E-state index in [1.165, 1.54) is 25.7 Å². The molecule has 0 aromatic carbocycles. The largest absolute Gasteiger partial charge is 0.0771 e. The van der Waals surface area contributed by atoms with Crippen LogP contribution in [0.1, 0.15) is 83.5 Å². The Hall–Kier alpha value is 0.0649. The highest BCUT2D eigenvalue weighted by Crippen LogP contribution is 2.65. The molecule has 0 nitrogen and oxygen atoms in total. The second-order valence-electron chi connectivity index (χ2n) is 10.0. The number of hydrogen-bond donors (Lipinski definition) is 0. The van der Waals surface area contributed by atoms with E-state index in [0.717, 1.165) is 47.3 Å². The molecule has 0 N–H and O–H groups in total. The van der Waals surface area contributed by atoms with Crippen LogP contribution in [0.2, 0.25) is 5.82 Å². The Morgan fingerprint density at radius 2 is 1.04 bits per heavy atom. The van der Waals surface area contributed by atoms with Gasteiger partial charge in [0.1, 0.15) is 0 Å². The standard InChI is InChI=1S/C22H35B/c23-15-6-3-5-14(13-15)16-11-12-21-18-8-2-1-7-17(18)20-10-4-9-19(16)22(20)21/h14-22H,1-13H2. The molecule has 5 fully saturated rings. The van der Waals surface area contributed by atoms with Gasteiger partial charge in [0, 0.05) is 0 Å². The van der Waals surface area contributed by atoms with E-state index in [2.05, 4.69) is 0 Å². The van der Waals surface area contributed by atoms with E-state index in [4.69, 9.17) is 7.85 Å². The van der Waals surface area contributed by atoms with Crippen LogP contribution in [0.3, 0.4) is 0 Å². The van der Waals surface area contributed by atoms with E-state index in [0.29, 0.717) is 5.82 Å². The fraction of sp³-hybridized carbons (Fsp3) is 1.00. The first-order chi connectivity index (χ1) is 11.3. The Balaban J connectivity index is 1.40. The van der Waals surface area contributed by atoms with Gasteiger partial charge in [0.25, 0.3) is 0 Å². The van der Waals surface area contributed by atoms with Crippen molar-refractivity contribution in [1.29, 1.82) is 0 Å². The lowest BCUT2D eigenvalue weighted by atomic mass is 9.54. The summed E-state index contributed by atoms with van der Waals surface area (Å²) in [4.78, 5) is 0. The first kappa shape index (κ1) is 15.3. The maximum atomic E-state index is 6.36. The molecule has 0 aromatic heterocycles. The molecule has 9 unspecified atom stereocenters. The van der Waals surface area contributed by atoms with Crippen LogP contribution in [-0.2, 0) is 0 Å². The Labute approximate surface area is 145 Å².